The smallest absolute Gasteiger partial charge is 0.335 e. The van der Waals surface area contributed by atoms with Crippen molar-refractivity contribution in [3.8, 4) is 0 Å². The Balaban J connectivity index is 2.44. The molecule has 3 nitrogen and oxygen atoms in total. The van der Waals surface area contributed by atoms with Gasteiger partial charge >= 0.3 is 5.97 Å². The normalized spacial score (nSPS) is 34.7. The van der Waals surface area contributed by atoms with Gasteiger partial charge in [-0.3, -0.25) is 0 Å². The maximum atomic E-state index is 10.5. The van der Waals surface area contributed by atoms with Crippen LogP contribution in [0.2, 0.25) is 0 Å². The van der Waals surface area contributed by atoms with Gasteiger partial charge in [-0.15, -0.1) is 0 Å². The molecule has 1 heterocycles. The number of carbonyl (C=O) groups excluding carboxylic acids is 1. The van der Waals surface area contributed by atoms with Crippen LogP contribution in [-0.2, 0) is 9.53 Å². The Morgan fingerprint density at radius 3 is 2.78 bits per heavy atom. The second-order valence-electron chi connectivity index (χ2n) is 2.22. The van der Waals surface area contributed by atoms with Gasteiger partial charge in [0, 0.05) is 6.42 Å². The summed E-state index contributed by atoms with van der Waals surface area (Å²) in [6.07, 6.45) is 0.348. The second kappa shape index (κ2) is 2.35. The number of rotatable bonds is 1. The van der Waals surface area contributed by atoms with Crippen LogP contribution in [0.5, 0.6) is 0 Å². The maximum absolute atomic E-state index is 10.5. The lowest BCUT2D eigenvalue weighted by Gasteiger charge is -2.01. The van der Waals surface area contributed by atoms with Gasteiger partial charge in [-0.1, -0.05) is 6.92 Å². The molecule has 0 spiro atoms. The molecule has 0 aromatic rings. The van der Waals surface area contributed by atoms with E-state index in [1.807, 2.05) is 6.92 Å². The average Bonchev–Trinajstić information content (AvgIpc) is 2.13. The fourth-order valence-electron chi connectivity index (χ4n) is 0.886. The van der Waals surface area contributed by atoms with E-state index < -0.39 is 12.1 Å². The van der Waals surface area contributed by atoms with Crippen LogP contribution in [0.25, 0.3) is 0 Å². The number of hydrogen-bond acceptors (Lipinski definition) is 3. The van der Waals surface area contributed by atoms with Crippen molar-refractivity contribution in [1.82, 2.24) is 0 Å². The third-order valence-corrected chi connectivity index (χ3v) is 1.50. The van der Waals surface area contributed by atoms with Crippen molar-refractivity contribution in [2.45, 2.75) is 32.0 Å². The van der Waals surface area contributed by atoms with Crippen molar-refractivity contribution in [3.63, 3.8) is 0 Å². The molecule has 1 N–H and O–H groups in total. The van der Waals surface area contributed by atoms with Crippen molar-refractivity contribution in [1.29, 1.82) is 0 Å². The molecule has 1 aliphatic heterocycles. The minimum Gasteiger partial charge on any atom is -0.460 e. The Hall–Kier alpha value is -0.570. The third-order valence-electron chi connectivity index (χ3n) is 1.50. The molecule has 2 atom stereocenters. The molecular formula is C6H10O3. The SMILES string of the molecule is CC[C@H]1C[C@@H](O)C(=O)O1. The number of ether oxygens (including phenoxy) is 1. The van der Waals surface area contributed by atoms with E-state index in [2.05, 4.69) is 0 Å². The number of aliphatic hydroxyl groups is 1. The van der Waals surface area contributed by atoms with E-state index in [1.54, 1.807) is 0 Å². The monoisotopic (exact) mass is 130 g/mol. The molecule has 0 bridgehead atoms. The zero-order valence-electron chi connectivity index (χ0n) is 5.33. The lowest BCUT2D eigenvalue weighted by molar-refractivity contribution is -0.147. The predicted octanol–water partition coefficient (Wildman–Crippen LogP) is 0.0728. The standard InChI is InChI=1S/C6H10O3/c1-2-4-3-5(7)6(8)9-4/h4-5,7H,2-3H2,1H3/t4-,5+/m0/s1. The zero-order chi connectivity index (χ0) is 6.85. The lowest BCUT2D eigenvalue weighted by Crippen LogP contribution is -2.11. The van der Waals surface area contributed by atoms with Gasteiger partial charge in [-0.25, -0.2) is 4.79 Å². The molecule has 1 rings (SSSR count). The first-order valence-corrected chi connectivity index (χ1v) is 3.12. The fourth-order valence-corrected chi connectivity index (χ4v) is 0.886. The topological polar surface area (TPSA) is 46.5 Å². The van der Waals surface area contributed by atoms with Gasteiger partial charge in [0.05, 0.1) is 0 Å². The summed E-state index contributed by atoms with van der Waals surface area (Å²) < 4.78 is 4.73. The van der Waals surface area contributed by atoms with Crippen LogP contribution < -0.4 is 0 Å². The van der Waals surface area contributed by atoms with Crippen molar-refractivity contribution in [3.05, 3.63) is 0 Å². The predicted molar refractivity (Wildman–Crippen MR) is 30.8 cm³/mol. The van der Waals surface area contributed by atoms with Gasteiger partial charge in [0.2, 0.25) is 0 Å². The molecule has 1 saturated heterocycles. The minimum absolute atomic E-state index is 0.0486. The molecule has 1 aliphatic rings. The highest BCUT2D eigenvalue weighted by Gasteiger charge is 2.31. The molecule has 9 heavy (non-hydrogen) atoms. The van der Waals surface area contributed by atoms with Crippen molar-refractivity contribution < 1.29 is 14.6 Å². The summed E-state index contributed by atoms with van der Waals surface area (Å²) in [5.74, 6) is -0.471. The highest BCUT2D eigenvalue weighted by molar-refractivity contribution is 5.76. The summed E-state index contributed by atoms with van der Waals surface area (Å²) in [4.78, 5) is 10.5. The quantitative estimate of drug-likeness (QED) is 0.511. The molecule has 52 valence electrons. The van der Waals surface area contributed by atoms with Crippen LogP contribution in [0.1, 0.15) is 19.8 Å². The fraction of sp³-hybridized carbons (Fsp3) is 0.833. The molecule has 0 radical (unpaired) electrons. The molecule has 1 fully saturated rings. The van der Waals surface area contributed by atoms with Gasteiger partial charge < -0.3 is 9.84 Å². The molecule has 0 aliphatic carbocycles. The van der Waals surface area contributed by atoms with Crippen molar-refractivity contribution in [2.24, 2.45) is 0 Å². The highest BCUT2D eigenvalue weighted by Crippen LogP contribution is 2.16. The first-order valence-electron chi connectivity index (χ1n) is 3.12. The van der Waals surface area contributed by atoms with E-state index in [0.29, 0.717) is 6.42 Å². The zero-order valence-corrected chi connectivity index (χ0v) is 5.33. The average molecular weight is 130 g/mol. The summed E-state index contributed by atoms with van der Waals surface area (Å²) in [5, 5.41) is 8.82. The lowest BCUT2D eigenvalue weighted by atomic mass is 10.2. The van der Waals surface area contributed by atoms with E-state index in [9.17, 15) is 4.79 Å². The Morgan fingerprint density at radius 1 is 1.89 bits per heavy atom. The van der Waals surface area contributed by atoms with Gasteiger partial charge in [0.25, 0.3) is 0 Å². The molecule has 0 amide bonds. The Labute approximate surface area is 53.6 Å². The molecule has 3 heteroatoms. The van der Waals surface area contributed by atoms with Crippen LogP contribution in [-0.4, -0.2) is 23.3 Å². The number of hydrogen-bond donors (Lipinski definition) is 1. The van der Waals surface area contributed by atoms with Gasteiger partial charge in [-0.2, -0.15) is 0 Å². The second-order valence-corrected chi connectivity index (χ2v) is 2.22. The van der Waals surface area contributed by atoms with Gasteiger partial charge in [0.15, 0.2) is 6.10 Å². The van der Waals surface area contributed by atoms with E-state index >= 15 is 0 Å². The van der Waals surface area contributed by atoms with Crippen LogP contribution in [0.3, 0.4) is 0 Å². The van der Waals surface area contributed by atoms with Crippen molar-refractivity contribution >= 4 is 5.97 Å². The summed E-state index contributed by atoms with van der Waals surface area (Å²) in [6, 6.07) is 0. The van der Waals surface area contributed by atoms with Crippen LogP contribution in [0.4, 0.5) is 0 Å². The number of aliphatic hydroxyl groups excluding tert-OH is 1. The Bertz CT molecular complexity index is 121. The minimum atomic E-state index is -0.866. The molecule has 0 unspecified atom stereocenters. The largest absolute Gasteiger partial charge is 0.460 e. The number of carbonyl (C=O) groups is 1. The van der Waals surface area contributed by atoms with E-state index in [0.717, 1.165) is 6.42 Å². The van der Waals surface area contributed by atoms with Gasteiger partial charge in [-0.05, 0) is 6.42 Å². The summed E-state index contributed by atoms with van der Waals surface area (Å²) in [7, 11) is 0. The Morgan fingerprint density at radius 2 is 2.56 bits per heavy atom. The molecule has 0 saturated carbocycles. The first-order chi connectivity index (χ1) is 4.24. The van der Waals surface area contributed by atoms with Crippen LogP contribution in [0.15, 0.2) is 0 Å². The molecule has 0 aromatic heterocycles. The Kier molecular flexibility index (Phi) is 1.71. The van der Waals surface area contributed by atoms with E-state index in [-0.39, 0.29) is 6.10 Å². The summed E-state index contributed by atoms with van der Waals surface area (Å²) >= 11 is 0. The maximum Gasteiger partial charge on any atom is 0.335 e. The number of cyclic esters (lactones) is 1. The molecular weight excluding hydrogens is 120 g/mol. The first kappa shape index (κ1) is 6.55. The highest BCUT2D eigenvalue weighted by atomic mass is 16.6. The van der Waals surface area contributed by atoms with E-state index in [1.165, 1.54) is 0 Å². The third kappa shape index (κ3) is 1.21. The van der Waals surface area contributed by atoms with Gasteiger partial charge in [0.1, 0.15) is 6.10 Å². The van der Waals surface area contributed by atoms with E-state index in [4.69, 9.17) is 9.84 Å². The summed E-state index contributed by atoms with van der Waals surface area (Å²) in [6.45, 7) is 1.93. The molecule has 0 aromatic carbocycles. The summed E-state index contributed by atoms with van der Waals surface area (Å²) in [5.41, 5.74) is 0. The van der Waals surface area contributed by atoms with Crippen LogP contribution >= 0.6 is 0 Å². The van der Waals surface area contributed by atoms with Crippen molar-refractivity contribution in [2.75, 3.05) is 0 Å². The van der Waals surface area contributed by atoms with Crippen LogP contribution in [0, 0.1) is 0 Å². The number of esters is 1.